The fraction of sp³-hybridized carbons (Fsp3) is 0.500. The number of hydrogen-bond donors (Lipinski definition) is 1. The van der Waals surface area contributed by atoms with Crippen LogP contribution in [0, 0.1) is 0 Å². The summed E-state index contributed by atoms with van der Waals surface area (Å²) in [5.74, 6) is -0.575. The molecule has 0 radical (unpaired) electrons. The van der Waals surface area contributed by atoms with E-state index in [9.17, 15) is 13.6 Å². The van der Waals surface area contributed by atoms with Crippen LogP contribution in [0.25, 0.3) is 0 Å². The number of carbonyl (C=O) groups is 1. The molecule has 0 amide bonds. The zero-order valence-electron chi connectivity index (χ0n) is 11.7. The molecule has 0 aliphatic heterocycles. The highest BCUT2D eigenvalue weighted by Crippen LogP contribution is 2.24. The molecule has 112 valence electrons. The van der Waals surface area contributed by atoms with Gasteiger partial charge in [0.1, 0.15) is 5.54 Å². The molecule has 1 unspecified atom stereocenters. The molecule has 0 aliphatic carbocycles. The fourth-order valence-electron chi connectivity index (χ4n) is 1.98. The van der Waals surface area contributed by atoms with E-state index < -0.39 is 17.9 Å². The van der Waals surface area contributed by atoms with Gasteiger partial charge in [0.2, 0.25) is 0 Å². The predicted molar refractivity (Wildman–Crippen MR) is 72.4 cm³/mol. The summed E-state index contributed by atoms with van der Waals surface area (Å²) in [7, 11) is 2.82. The van der Waals surface area contributed by atoms with Gasteiger partial charge in [0, 0.05) is 6.54 Å². The van der Waals surface area contributed by atoms with Crippen molar-refractivity contribution in [3.05, 3.63) is 35.9 Å². The van der Waals surface area contributed by atoms with Gasteiger partial charge in [-0.1, -0.05) is 30.3 Å². The van der Waals surface area contributed by atoms with Crippen molar-refractivity contribution < 1.29 is 18.3 Å². The summed E-state index contributed by atoms with van der Waals surface area (Å²) < 4.78 is 29.3. The maximum absolute atomic E-state index is 12.3. The van der Waals surface area contributed by atoms with Crippen molar-refractivity contribution in [2.75, 3.05) is 27.2 Å². The molecule has 1 aromatic carbocycles. The number of esters is 1. The number of rotatable bonds is 7. The maximum Gasteiger partial charge on any atom is 0.330 e. The van der Waals surface area contributed by atoms with Gasteiger partial charge in [-0.25, -0.2) is 13.6 Å². The van der Waals surface area contributed by atoms with E-state index in [4.69, 9.17) is 10.5 Å². The molecule has 0 heterocycles. The molecule has 1 rings (SSSR count). The highest BCUT2D eigenvalue weighted by atomic mass is 19.3. The van der Waals surface area contributed by atoms with Crippen molar-refractivity contribution in [3.63, 3.8) is 0 Å². The van der Waals surface area contributed by atoms with E-state index in [0.29, 0.717) is 5.56 Å². The highest BCUT2D eigenvalue weighted by Gasteiger charge is 2.37. The molecule has 0 fully saturated rings. The van der Waals surface area contributed by atoms with Crippen molar-refractivity contribution in [3.8, 4) is 0 Å². The molecule has 0 saturated carbocycles. The van der Waals surface area contributed by atoms with Crippen molar-refractivity contribution >= 4 is 5.97 Å². The molecule has 0 spiro atoms. The highest BCUT2D eigenvalue weighted by molar-refractivity contribution is 5.82. The molecule has 2 N–H and O–H groups in total. The fourth-order valence-corrected chi connectivity index (χ4v) is 1.98. The van der Waals surface area contributed by atoms with Crippen LogP contribution in [0.1, 0.15) is 12.0 Å². The second kappa shape index (κ2) is 7.31. The third kappa shape index (κ3) is 4.25. The Labute approximate surface area is 117 Å². The number of halogens is 2. The summed E-state index contributed by atoms with van der Waals surface area (Å²) in [6.07, 6.45) is -2.21. The first-order valence-corrected chi connectivity index (χ1v) is 6.29. The van der Waals surface area contributed by atoms with Crippen LogP contribution in [0.5, 0.6) is 0 Å². The number of benzene rings is 1. The number of alkyl halides is 2. The van der Waals surface area contributed by atoms with Crippen molar-refractivity contribution in [2.24, 2.45) is 5.73 Å². The first kappa shape index (κ1) is 16.5. The van der Waals surface area contributed by atoms with E-state index in [1.165, 1.54) is 12.0 Å². The normalized spacial score (nSPS) is 14.3. The molecule has 6 heteroatoms. The number of nitrogens with zero attached hydrogens (tertiary/aromatic N) is 1. The van der Waals surface area contributed by atoms with Gasteiger partial charge in [-0.15, -0.1) is 0 Å². The minimum absolute atomic E-state index is 0.201. The van der Waals surface area contributed by atoms with Crippen LogP contribution in [0.4, 0.5) is 8.78 Å². The van der Waals surface area contributed by atoms with Crippen LogP contribution < -0.4 is 5.73 Å². The molecule has 0 bridgehead atoms. The van der Waals surface area contributed by atoms with Crippen molar-refractivity contribution in [2.45, 2.75) is 18.4 Å². The quantitative estimate of drug-likeness (QED) is 0.774. The Balaban J connectivity index is 2.83. The minimum Gasteiger partial charge on any atom is -0.467 e. The third-order valence-electron chi connectivity index (χ3n) is 3.18. The van der Waals surface area contributed by atoms with E-state index in [1.807, 2.05) is 6.07 Å². The van der Waals surface area contributed by atoms with E-state index in [2.05, 4.69) is 0 Å². The molecule has 1 atom stereocenters. The number of carbonyl (C=O) groups excluding carboxylic acids is 1. The van der Waals surface area contributed by atoms with E-state index in [1.54, 1.807) is 31.3 Å². The summed E-state index contributed by atoms with van der Waals surface area (Å²) >= 11 is 0. The van der Waals surface area contributed by atoms with Gasteiger partial charge in [0.15, 0.2) is 0 Å². The lowest BCUT2D eigenvalue weighted by Crippen LogP contribution is -2.48. The van der Waals surface area contributed by atoms with Crippen molar-refractivity contribution in [1.82, 2.24) is 4.90 Å². The first-order valence-electron chi connectivity index (χ1n) is 6.29. The Hall–Kier alpha value is -1.53. The van der Waals surface area contributed by atoms with Gasteiger partial charge in [-0.3, -0.25) is 0 Å². The minimum atomic E-state index is -2.41. The Morgan fingerprint density at radius 1 is 1.40 bits per heavy atom. The van der Waals surface area contributed by atoms with Crippen LogP contribution in [-0.2, 0) is 15.1 Å². The third-order valence-corrected chi connectivity index (χ3v) is 3.18. The summed E-state index contributed by atoms with van der Waals surface area (Å²) in [6, 6.07) is 8.80. The standard InChI is InChI=1S/C14H20F2N2O2/c1-18(10-12(15)16)9-8-14(17,13(19)20-2)11-6-4-3-5-7-11/h3-7,12H,8-10,17H2,1-2H3. The second-order valence-electron chi connectivity index (χ2n) is 4.73. The van der Waals surface area contributed by atoms with Crippen LogP contribution in [0.15, 0.2) is 30.3 Å². The lowest BCUT2D eigenvalue weighted by Gasteiger charge is -2.29. The van der Waals surface area contributed by atoms with E-state index in [-0.39, 0.29) is 19.5 Å². The summed E-state index contributed by atoms with van der Waals surface area (Å²) in [5, 5.41) is 0. The van der Waals surface area contributed by atoms with E-state index >= 15 is 0 Å². The Bertz CT molecular complexity index is 428. The maximum atomic E-state index is 12.3. The monoisotopic (exact) mass is 286 g/mol. The van der Waals surface area contributed by atoms with Crippen LogP contribution in [-0.4, -0.2) is 44.5 Å². The van der Waals surface area contributed by atoms with Crippen LogP contribution >= 0.6 is 0 Å². The largest absolute Gasteiger partial charge is 0.467 e. The number of nitrogens with two attached hydrogens (primary N) is 1. The average molecular weight is 286 g/mol. The molecular formula is C14H20F2N2O2. The van der Waals surface area contributed by atoms with Gasteiger partial charge >= 0.3 is 5.97 Å². The molecule has 1 aromatic rings. The van der Waals surface area contributed by atoms with E-state index in [0.717, 1.165) is 0 Å². The molecule has 0 saturated heterocycles. The van der Waals surface area contributed by atoms with Crippen molar-refractivity contribution in [1.29, 1.82) is 0 Å². The van der Waals surface area contributed by atoms with Gasteiger partial charge in [-0.05, 0) is 19.0 Å². The molecule has 0 aliphatic rings. The number of ether oxygens (including phenoxy) is 1. The number of hydrogen-bond acceptors (Lipinski definition) is 4. The first-order chi connectivity index (χ1) is 9.40. The molecule has 4 nitrogen and oxygen atoms in total. The molecule has 0 aromatic heterocycles. The molecular weight excluding hydrogens is 266 g/mol. The topological polar surface area (TPSA) is 55.6 Å². The zero-order chi connectivity index (χ0) is 15.2. The molecule has 20 heavy (non-hydrogen) atoms. The van der Waals surface area contributed by atoms with Gasteiger partial charge in [-0.2, -0.15) is 0 Å². The van der Waals surface area contributed by atoms with Gasteiger partial charge in [0.05, 0.1) is 13.7 Å². The van der Waals surface area contributed by atoms with Gasteiger partial charge in [0.25, 0.3) is 6.43 Å². The lowest BCUT2D eigenvalue weighted by molar-refractivity contribution is -0.148. The zero-order valence-corrected chi connectivity index (χ0v) is 11.7. The Kier molecular flexibility index (Phi) is 6.04. The summed E-state index contributed by atoms with van der Waals surface area (Å²) in [4.78, 5) is 13.4. The smallest absolute Gasteiger partial charge is 0.330 e. The van der Waals surface area contributed by atoms with Gasteiger partial charge < -0.3 is 15.4 Å². The lowest BCUT2D eigenvalue weighted by atomic mass is 9.87. The number of methoxy groups -OCH3 is 1. The van der Waals surface area contributed by atoms with Crippen LogP contribution in [0.2, 0.25) is 0 Å². The Morgan fingerprint density at radius 3 is 2.50 bits per heavy atom. The van der Waals surface area contributed by atoms with Crippen LogP contribution in [0.3, 0.4) is 0 Å². The predicted octanol–water partition coefficient (Wildman–Crippen LogP) is 1.60. The summed E-state index contributed by atoms with van der Waals surface area (Å²) in [6.45, 7) is -0.0864. The Morgan fingerprint density at radius 2 is 2.00 bits per heavy atom. The second-order valence-corrected chi connectivity index (χ2v) is 4.73. The average Bonchev–Trinajstić information content (AvgIpc) is 2.44. The summed E-state index contributed by atoms with van der Waals surface area (Å²) in [5.41, 5.74) is 5.45. The SMILES string of the molecule is COC(=O)C(N)(CCN(C)CC(F)F)c1ccccc1.